The molecule has 0 unspecified atom stereocenters. The van der Waals surface area contributed by atoms with Crippen LogP contribution in [-0.2, 0) is 11.2 Å². The van der Waals surface area contributed by atoms with Crippen LogP contribution in [0.25, 0.3) is 5.52 Å². The maximum Gasteiger partial charge on any atom is 0.407 e. The van der Waals surface area contributed by atoms with Crippen LogP contribution in [0.3, 0.4) is 0 Å². The Bertz CT molecular complexity index is 1220. The third-order valence-electron chi connectivity index (χ3n) is 7.27. The summed E-state index contributed by atoms with van der Waals surface area (Å²) in [6, 6.07) is 6.08. The van der Waals surface area contributed by atoms with Gasteiger partial charge >= 0.3 is 6.09 Å². The Morgan fingerprint density at radius 3 is 2.79 bits per heavy atom. The first-order chi connectivity index (χ1) is 16.4. The molecule has 180 valence electrons. The van der Waals surface area contributed by atoms with E-state index in [1.54, 1.807) is 0 Å². The molecular formula is C25H31BrN6O2. The summed E-state index contributed by atoms with van der Waals surface area (Å²) in [5.74, 6) is 0.959. The van der Waals surface area contributed by atoms with Crippen LogP contribution in [0.2, 0.25) is 0 Å². The third kappa shape index (κ3) is 4.04. The number of pyridine rings is 1. The molecule has 1 N–H and O–H groups in total. The average molecular weight is 527 g/mol. The molecule has 2 aliphatic rings. The molecule has 1 atom stereocenters. The van der Waals surface area contributed by atoms with Crippen LogP contribution in [0.5, 0.6) is 0 Å². The van der Waals surface area contributed by atoms with Crippen molar-refractivity contribution < 1.29 is 9.53 Å². The van der Waals surface area contributed by atoms with Gasteiger partial charge in [-0.25, -0.2) is 14.3 Å². The number of halogens is 1. The summed E-state index contributed by atoms with van der Waals surface area (Å²) in [6.07, 6.45) is 6.07. The minimum atomic E-state index is -0.333. The van der Waals surface area contributed by atoms with E-state index in [0.717, 1.165) is 83.8 Å². The van der Waals surface area contributed by atoms with E-state index in [0.29, 0.717) is 6.61 Å². The second-order valence-electron chi connectivity index (χ2n) is 9.52. The predicted molar refractivity (Wildman–Crippen MR) is 134 cm³/mol. The summed E-state index contributed by atoms with van der Waals surface area (Å²) in [7, 11) is 0. The summed E-state index contributed by atoms with van der Waals surface area (Å²) in [4.78, 5) is 24.7. The molecule has 0 aromatic carbocycles. The van der Waals surface area contributed by atoms with Gasteiger partial charge in [-0.2, -0.15) is 5.10 Å². The Morgan fingerprint density at radius 2 is 2.03 bits per heavy atom. The zero-order valence-electron chi connectivity index (χ0n) is 20.0. The number of unbranched alkanes of at least 4 members (excludes halogenated alkanes) is 1. The normalized spacial score (nSPS) is 18.9. The molecule has 1 spiro atoms. The van der Waals surface area contributed by atoms with Crippen molar-refractivity contribution in [1.82, 2.24) is 24.9 Å². The van der Waals surface area contributed by atoms with Gasteiger partial charge in [-0.1, -0.05) is 19.4 Å². The molecule has 1 amide bonds. The minimum Gasteiger partial charge on any atom is -0.450 e. The maximum atomic E-state index is 12.7. The molecule has 9 heteroatoms. The predicted octanol–water partition coefficient (Wildman–Crippen LogP) is 4.91. The van der Waals surface area contributed by atoms with Crippen molar-refractivity contribution in [3.63, 3.8) is 0 Å². The first-order valence-electron chi connectivity index (χ1n) is 12.1. The Morgan fingerprint density at radius 1 is 1.24 bits per heavy atom. The standard InChI is InChI=1S/C25H31BrN6O2/c1-4-5-14-34-24(33)30-21-18-7-6-16(2)28-19(18)15-25(21)9-12-31(13-10-25)23-20-8-11-27-32(20)22(26)17(3)29-23/h6-8,11,21H,4-5,9-10,12-15H2,1-3H3,(H,30,33)/t21-/m1/s1. The van der Waals surface area contributed by atoms with E-state index >= 15 is 0 Å². The number of piperidine rings is 1. The minimum absolute atomic E-state index is 0.0790. The molecule has 0 saturated carbocycles. The van der Waals surface area contributed by atoms with Crippen LogP contribution in [0.4, 0.5) is 10.6 Å². The molecule has 1 fully saturated rings. The highest BCUT2D eigenvalue weighted by Crippen LogP contribution is 2.52. The van der Waals surface area contributed by atoms with E-state index in [1.165, 1.54) is 0 Å². The second-order valence-corrected chi connectivity index (χ2v) is 10.3. The fourth-order valence-electron chi connectivity index (χ4n) is 5.40. The van der Waals surface area contributed by atoms with Crippen molar-refractivity contribution in [2.45, 2.75) is 58.9 Å². The first-order valence-corrected chi connectivity index (χ1v) is 12.9. The molecule has 1 aliphatic carbocycles. The van der Waals surface area contributed by atoms with Gasteiger partial charge in [-0.05, 0) is 73.2 Å². The fraction of sp³-hybridized carbons (Fsp3) is 0.520. The lowest BCUT2D eigenvalue weighted by Gasteiger charge is -2.43. The molecule has 5 rings (SSSR count). The molecule has 4 heterocycles. The van der Waals surface area contributed by atoms with Gasteiger partial charge in [0.15, 0.2) is 5.82 Å². The second kappa shape index (κ2) is 9.17. The number of hydrogen-bond acceptors (Lipinski definition) is 6. The lowest BCUT2D eigenvalue weighted by atomic mass is 9.73. The number of ether oxygens (including phenoxy) is 1. The summed E-state index contributed by atoms with van der Waals surface area (Å²) >= 11 is 3.60. The highest BCUT2D eigenvalue weighted by Gasteiger charge is 2.49. The fourth-order valence-corrected chi connectivity index (χ4v) is 5.77. The van der Waals surface area contributed by atoms with Crippen molar-refractivity contribution in [3.05, 3.63) is 51.6 Å². The number of amides is 1. The van der Waals surface area contributed by atoms with Gasteiger partial charge in [0.2, 0.25) is 0 Å². The lowest BCUT2D eigenvalue weighted by Crippen LogP contribution is -2.47. The summed E-state index contributed by atoms with van der Waals surface area (Å²) in [6.45, 7) is 8.25. The molecule has 34 heavy (non-hydrogen) atoms. The lowest BCUT2D eigenvalue weighted by molar-refractivity contribution is 0.114. The first kappa shape index (κ1) is 23.1. The van der Waals surface area contributed by atoms with Crippen LogP contribution in [0, 0.1) is 19.3 Å². The van der Waals surface area contributed by atoms with E-state index in [1.807, 2.05) is 36.7 Å². The largest absolute Gasteiger partial charge is 0.450 e. The molecule has 0 bridgehead atoms. The van der Waals surface area contributed by atoms with Crippen molar-refractivity contribution in [2.75, 3.05) is 24.6 Å². The number of rotatable bonds is 5. The van der Waals surface area contributed by atoms with E-state index in [9.17, 15) is 4.79 Å². The highest BCUT2D eigenvalue weighted by atomic mass is 79.9. The smallest absolute Gasteiger partial charge is 0.407 e. The van der Waals surface area contributed by atoms with Gasteiger partial charge in [-0.3, -0.25) is 4.98 Å². The molecule has 0 radical (unpaired) electrons. The zero-order chi connectivity index (χ0) is 23.9. The van der Waals surface area contributed by atoms with Gasteiger partial charge in [0.25, 0.3) is 0 Å². The third-order valence-corrected chi connectivity index (χ3v) is 8.18. The number of nitrogens with one attached hydrogen (secondary N) is 1. The Balaban J connectivity index is 1.39. The van der Waals surface area contributed by atoms with Crippen molar-refractivity contribution in [1.29, 1.82) is 0 Å². The molecule has 3 aromatic heterocycles. The number of hydrogen-bond donors (Lipinski definition) is 1. The topological polar surface area (TPSA) is 84.6 Å². The number of anilines is 1. The molecule has 1 aliphatic heterocycles. The quantitative estimate of drug-likeness (QED) is 0.475. The Labute approximate surface area is 208 Å². The summed E-state index contributed by atoms with van der Waals surface area (Å²) in [5.41, 5.74) is 5.06. The number of aryl methyl sites for hydroxylation is 2. The molecule has 3 aromatic rings. The number of fused-ring (bicyclic) bond motifs is 2. The molecular weight excluding hydrogens is 496 g/mol. The van der Waals surface area contributed by atoms with E-state index < -0.39 is 0 Å². The van der Waals surface area contributed by atoms with E-state index in [2.05, 4.69) is 44.2 Å². The van der Waals surface area contributed by atoms with Crippen LogP contribution in [-0.4, -0.2) is 45.4 Å². The number of carbonyl (C=O) groups excluding carboxylic acids is 1. The SMILES string of the molecule is CCCCOC(=O)N[C@@H]1c2ccc(C)nc2CC12CCN(c1nc(C)c(Br)n3nccc13)CC2. The van der Waals surface area contributed by atoms with Gasteiger partial charge < -0.3 is 15.0 Å². The molecule has 1 saturated heterocycles. The van der Waals surface area contributed by atoms with Crippen LogP contribution in [0.15, 0.2) is 29.0 Å². The highest BCUT2D eigenvalue weighted by molar-refractivity contribution is 9.10. The van der Waals surface area contributed by atoms with Gasteiger partial charge in [0.1, 0.15) is 10.1 Å². The average Bonchev–Trinajstić information content (AvgIpc) is 3.41. The van der Waals surface area contributed by atoms with Gasteiger partial charge in [0, 0.05) is 29.9 Å². The number of carbonyl (C=O) groups is 1. The van der Waals surface area contributed by atoms with Crippen molar-refractivity contribution in [3.8, 4) is 0 Å². The van der Waals surface area contributed by atoms with Crippen molar-refractivity contribution >= 4 is 33.4 Å². The Kier molecular flexibility index (Phi) is 6.22. The van der Waals surface area contributed by atoms with Gasteiger partial charge in [-0.15, -0.1) is 0 Å². The summed E-state index contributed by atoms with van der Waals surface area (Å²) in [5, 5.41) is 7.66. The maximum absolute atomic E-state index is 12.7. The van der Waals surface area contributed by atoms with Crippen LogP contribution < -0.4 is 10.2 Å². The van der Waals surface area contributed by atoms with Crippen LogP contribution >= 0.6 is 15.9 Å². The molecule has 8 nitrogen and oxygen atoms in total. The zero-order valence-corrected chi connectivity index (χ0v) is 21.6. The number of alkyl carbamates (subject to hydrolysis) is 1. The Hall–Kier alpha value is -2.68. The number of aromatic nitrogens is 4. The van der Waals surface area contributed by atoms with Gasteiger partial charge in [0.05, 0.1) is 24.5 Å². The van der Waals surface area contributed by atoms with E-state index in [-0.39, 0.29) is 17.6 Å². The summed E-state index contributed by atoms with van der Waals surface area (Å²) < 4.78 is 8.24. The number of nitrogens with zero attached hydrogens (tertiary/aromatic N) is 5. The van der Waals surface area contributed by atoms with E-state index in [4.69, 9.17) is 14.7 Å². The monoisotopic (exact) mass is 526 g/mol. The van der Waals surface area contributed by atoms with Crippen molar-refractivity contribution in [2.24, 2.45) is 5.41 Å². The van der Waals surface area contributed by atoms with Crippen LogP contribution in [0.1, 0.15) is 61.3 Å².